The summed E-state index contributed by atoms with van der Waals surface area (Å²) in [6.45, 7) is 6.31. The lowest BCUT2D eigenvalue weighted by atomic mass is 9.68. The molecule has 0 saturated carbocycles. The Kier molecular flexibility index (Phi) is 7.01. The third kappa shape index (κ3) is 4.54. The lowest BCUT2D eigenvalue weighted by molar-refractivity contribution is -0.174. The standard InChI is InChI=1S/C18H22N2O3.C16H21N3O/c1-12-15(21)20-16(23-12)14-9-6-10-19(14)17(22)18(20,2)11-13-7-4-3-5-8-13;1-19-8-10(16(17)20)5-12-11-3-2-4-13-15(11)9(7-18-13)6-14(12)19/h3-5,7-8,12,14,16H,6,9-11H2,1-2H3;2-4,9-10,12,14,18H,5-8H2,1H3,(H2,17,20)/t12-,14+,16?,18+;9?,10-,12?,14?/m11/s1. The average Bonchev–Trinajstić information content (AvgIpc) is 3.72. The van der Waals surface area contributed by atoms with E-state index in [4.69, 9.17) is 10.5 Å². The van der Waals surface area contributed by atoms with E-state index in [-0.39, 0.29) is 35.9 Å². The molecular formula is C34H43N5O4. The SMILES string of the molecule is CN1C[C@H](C(N)=O)CC2c3cccc4c3C(CN4)CC21.C[C@H]1OC2[C@@H]3CCCN3C(=O)[C@](C)(Cc3ccccc3)N2C1=O. The first-order valence-corrected chi connectivity index (χ1v) is 15.9. The Balaban J connectivity index is 0.000000141. The number of amides is 3. The highest BCUT2D eigenvalue weighted by Crippen LogP contribution is 2.50. The van der Waals surface area contributed by atoms with Crippen molar-refractivity contribution in [2.45, 2.75) is 87.7 Å². The molecule has 0 aromatic heterocycles. The van der Waals surface area contributed by atoms with E-state index in [9.17, 15) is 14.4 Å². The molecule has 8 atom stereocenters. The van der Waals surface area contributed by atoms with Gasteiger partial charge in [-0.3, -0.25) is 19.3 Å². The number of carbonyl (C=O) groups excluding carboxylic acids is 3. The molecule has 4 fully saturated rings. The lowest BCUT2D eigenvalue weighted by Crippen LogP contribution is -2.70. The van der Waals surface area contributed by atoms with Crippen LogP contribution in [0.15, 0.2) is 48.5 Å². The van der Waals surface area contributed by atoms with Gasteiger partial charge in [-0.05, 0) is 69.3 Å². The van der Waals surface area contributed by atoms with Crippen LogP contribution in [0.4, 0.5) is 5.69 Å². The zero-order chi connectivity index (χ0) is 30.0. The smallest absolute Gasteiger partial charge is 0.254 e. The van der Waals surface area contributed by atoms with Crippen molar-refractivity contribution in [3.8, 4) is 0 Å². The van der Waals surface area contributed by atoms with Gasteiger partial charge in [0.05, 0.1) is 12.0 Å². The second kappa shape index (κ2) is 10.6. The number of nitrogens with one attached hydrogen (secondary N) is 1. The summed E-state index contributed by atoms with van der Waals surface area (Å²) in [6.07, 6.45) is 3.75. The number of benzene rings is 2. The zero-order valence-corrected chi connectivity index (χ0v) is 25.4. The lowest BCUT2D eigenvalue weighted by Gasteiger charge is -2.50. The zero-order valence-electron chi connectivity index (χ0n) is 25.4. The summed E-state index contributed by atoms with van der Waals surface area (Å²) in [6, 6.07) is 17.0. The first-order valence-electron chi connectivity index (χ1n) is 15.9. The van der Waals surface area contributed by atoms with Crippen LogP contribution in [-0.4, -0.2) is 89.1 Å². The van der Waals surface area contributed by atoms with E-state index in [1.54, 1.807) is 11.8 Å². The molecule has 3 amide bonds. The van der Waals surface area contributed by atoms with Crippen LogP contribution >= 0.6 is 0 Å². The number of primary amides is 1. The Morgan fingerprint density at radius 1 is 1.09 bits per heavy atom. The van der Waals surface area contributed by atoms with E-state index < -0.39 is 11.6 Å². The number of fused-ring (bicyclic) bond motifs is 5. The van der Waals surface area contributed by atoms with Crippen LogP contribution in [0, 0.1) is 5.92 Å². The topological polar surface area (TPSA) is 108 Å². The van der Waals surface area contributed by atoms with Crippen molar-refractivity contribution in [2.24, 2.45) is 11.7 Å². The van der Waals surface area contributed by atoms with Gasteiger partial charge in [0.2, 0.25) is 11.8 Å². The van der Waals surface area contributed by atoms with Crippen LogP contribution in [0.2, 0.25) is 0 Å². The quantitative estimate of drug-likeness (QED) is 0.574. The Morgan fingerprint density at radius 3 is 2.65 bits per heavy atom. The van der Waals surface area contributed by atoms with Gasteiger partial charge in [-0.1, -0.05) is 42.5 Å². The molecule has 2 aromatic rings. The van der Waals surface area contributed by atoms with Crippen LogP contribution < -0.4 is 11.1 Å². The second-order valence-electron chi connectivity index (χ2n) is 13.6. The molecule has 3 N–H and O–H groups in total. The van der Waals surface area contributed by atoms with Crippen molar-refractivity contribution < 1.29 is 19.1 Å². The third-order valence-corrected chi connectivity index (χ3v) is 10.9. The Hall–Kier alpha value is -3.43. The Bertz CT molecular complexity index is 1430. The fraction of sp³-hybridized carbons (Fsp3) is 0.559. The van der Waals surface area contributed by atoms with Crippen molar-refractivity contribution in [1.82, 2.24) is 14.7 Å². The first-order chi connectivity index (χ1) is 20.7. The fourth-order valence-corrected chi connectivity index (χ4v) is 8.90. The number of ether oxygens (including phenoxy) is 1. The van der Waals surface area contributed by atoms with Gasteiger partial charge in [-0.2, -0.15) is 0 Å². The molecule has 0 radical (unpaired) electrons. The number of likely N-dealkylation sites (tertiary alicyclic amines) is 1. The Morgan fingerprint density at radius 2 is 1.88 bits per heavy atom. The van der Waals surface area contributed by atoms with Crippen LogP contribution in [0.1, 0.15) is 68.1 Å². The first kappa shape index (κ1) is 28.3. The van der Waals surface area contributed by atoms with E-state index in [1.165, 1.54) is 23.2 Å². The highest BCUT2D eigenvalue weighted by molar-refractivity contribution is 5.95. The van der Waals surface area contributed by atoms with E-state index in [0.29, 0.717) is 24.3 Å². The molecule has 4 saturated heterocycles. The Labute approximate surface area is 253 Å². The second-order valence-corrected chi connectivity index (χ2v) is 13.6. The van der Waals surface area contributed by atoms with E-state index in [2.05, 4.69) is 35.5 Å². The monoisotopic (exact) mass is 585 g/mol. The normalized spacial score (nSPS) is 35.7. The number of piperazine rings is 1. The molecule has 9 nitrogen and oxygen atoms in total. The summed E-state index contributed by atoms with van der Waals surface area (Å²) >= 11 is 0. The van der Waals surface area contributed by atoms with E-state index >= 15 is 0 Å². The molecule has 6 aliphatic rings. The largest absolute Gasteiger partial charge is 0.384 e. The molecule has 228 valence electrons. The maximum absolute atomic E-state index is 13.2. The molecule has 0 bridgehead atoms. The van der Waals surface area contributed by atoms with Crippen molar-refractivity contribution in [1.29, 1.82) is 0 Å². The number of hydrogen-bond donors (Lipinski definition) is 2. The highest BCUT2D eigenvalue weighted by Gasteiger charge is 2.61. The molecule has 4 unspecified atom stereocenters. The number of hydrogen-bond acceptors (Lipinski definition) is 6. The number of nitrogens with two attached hydrogens (primary N) is 1. The van der Waals surface area contributed by atoms with Gasteiger partial charge in [0, 0.05) is 49.6 Å². The maximum Gasteiger partial charge on any atom is 0.254 e. The number of rotatable bonds is 3. The average molecular weight is 586 g/mol. The molecule has 5 heterocycles. The van der Waals surface area contributed by atoms with Gasteiger partial charge in [0.15, 0.2) is 6.23 Å². The summed E-state index contributed by atoms with van der Waals surface area (Å²) in [5, 5.41) is 3.53. The fourth-order valence-electron chi connectivity index (χ4n) is 8.90. The van der Waals surface area contributed by atoms with Gasteiger partial charge in [-0.15, -0.1) is 0 Å². The van der Waals surface area contributed by atoms with Crippen molar-refractivity contribution in [3.05, 3.63) is 65.2 Å². The molecule has 43 heavy (non-hydrogen) atoms. The number of likely N-dealkylation sites (N-methyl/N-ethyl adjacent to an activating group) is 1. The molecule has 5 aliphatic heterocycles. The number of carbonyl (C=O) groups is 3. The van der Waals surface area contributed by atoms with Crippen LogP contribution in [0.5, 0.6) is 0 Å². The van der Waals surface area contributed by atoms with Crippen molar-refractivity contribution in [2.75, 3.05) is 32.0 Å². The number of nitrogens with zero attached hydrogens (tertiary/aromatic N) is 3. The minimum absolute atomic E-state index is 0.0111. The molecule has 0 spiro atoms. The van der Waals surface area contributed by atoms with Gasteiger partial charge < -0.3 is 25.6 Å². The van der Waals surface area contributed by atoms with E-state index in [0.717, 1.165) is 44.5 Å². The predicted octanol–water partition coefficient (Wildman–Crippen LogP) is 3.05. The molecular weight excluding hydrogens is 542 g/mol. The van der Waals surface area contributed by atoms with Crippen molar-refractivity contribution >= 4 is 23.4 Å². The van der Waals surface area contributed by atoms with Gasteiger partial charge in [0.1, 0.15) is 11.6 Å². The summed E-state index contributed by atoms with van der Waals surface area (Å²) < 4.78 is 5.96. The highest BCUT2D eigenvalue weighted by atomic mass is 16.5. The van der Waals surface area contributed by atoms with E-state index in [1.807, 2.05) is 42.2 Å². The molecule has 2 aromatic carbocycles. The molecule has 8 rings (SSSR count). The summed E-state index contributed by atoms with van der Waals surface area (Å²) in [4.78, 5) is 43.6. The third-order valence-electron chi connectivity index (χ3n) is 10.9. The van der Waals surface area contributed by atoms with Crippen molar-refractivity contribution in [3.63, 3.8) is 0 Å². The van der Waals surface area contributed by atoms with Gasteiger partial charge in [0.25, 0.3) is 5.91 Å². The maximum atomic E-state index is 13.2. The van der Waals surface area contributed by atoms with Gasteiger partial charge in [-0.25, -0.2) is 0 Å². The number of piperidine rings is 1. The predicted molar refractivity (Wildman–Crippen MR) is 163 cm³/mol. The van der Waals surface area contributed by atoms with Crippen LogP contribution in [0.25, 0.3) is 0 Å². The molecule has 1 aliphatic carbocycles. The molecule has 9 heteroatoms. The summed E-state index contributed by atoms with van der Waals surface area (Å²) in [5.74, 6) is 0.929. The van der Waals surface area contributed by atoms with Crippen LogP contribution in [0.3, 0.4) is 0 Å². The minimum Gasteiger partial charge on any atom is -0.384 e. The van der Waals surface area contributed by atoms with Gasteiger partial charge >= 0.3 is 0 Å². The summed E-state index contributed by atoms with van der Waals surface area (Å²) in [5.41, 5.74) is 10.0. The minimum atomic E-state index is -0.866. The summed E-state index contributed by atoms with van der Waals surface area (Å²) in [7, 11) is 2.14. The number of anilines is 1. The van der Waals surface area contributed by atoms with Crippen LogP contribution in [-0.2, 0) is 25.5 Å².